The molecule has 0 saturated carbocycles. The molecule has 1 aromatic heterocycles. The molecule has 0 radical (unpaired) electrons. The second kappa shape index (κ2) is 7.47. The van der Waals surface area contributed by atoms with Crippen LogP contribution in [-0.2, 0) is 0 Å². The molecule has 0 saturated heterocycles. The second-order valence-corrected chi connectivity index (χ2v) is 5.21. The lowest BCUT2D eigenvalue weighted by atomic mass is 10.2. The molecule has 2 N–H and O–H groups in total. The van der Waals surface area contributed by atoms with Crippen LogP contribution in [-0.4, -0.2) is 36.3 Å². The van der Waals surface area contributed by atoms with E-state index in [1.807, 2.05) is 0 Å². The molecule has 0 aliphatic rings. The molecule has 26 heavy (non-hydrogen) atoms. The summed E-state index contributed by atoms with van der Waals surface area (Å²) in [5.41, 5.74) is 2.99. The van der Waals surface area contributed by atoms with Crippen LogP contribution in [0.15, 0.2) is 52.4 Å². The Bertz CT molecular complexity index is 1040. The van der Waals surface area contributed by atoms with Crippen LogP contribution in [0.5, 0.6) is 11.5 Å². The van der Waals surface area contributed by atoms with Crippen LogP contribution in [0.3, 0.4) is 0 Å². The lowest BCUT2D eigenvalue weighted by Gasteiger charge is -2.09. The molecule has 3 rings (SSSR count). The number of fused-ring (bicyclic) bond motifs is 1. The quantitative estimate of drug-likeness (QED) is 0.537. The van der Waals surface area contributed by atoms with Crippen molar-refractivity contribution in [2.75, 3.05) is 14.2 Å². The van der Waals surface area contributed by atoms with Gasteiger partial charge < -0.3 is 14.5 Å². The predicted octanol–water partition coefficient (Wildman–Crippen LogP) is 1.70. The molecule has 3 aromatic rings. The number of hydrogen-bond acceptors (Lipinski definition) is 6. The fourth-order valence-electron chi connectivity index (χ4n) is 2.42. The van der Waals surface area contributed by atoms with Crippen molar-refractivity contribution < 1.29 is 14.3 Å². The lowest BCUT2D eigenvalue weighted by Crippen LogP contribution is -2.24. The van der Waals surface area contributed by atoms with Gasteiger partial charge in [0.15, 0.2) is 11.5 Å². The number of aromatic amines is 1. The first-order chi connectivity index (χ1) is 12.6. The van der Waals surface area contributed by atoms with E-state index >= 15 is 0 Å². The van der Waals surface area contributed by atoms with E-state index in [2.05, 4.69) is 20.5 Å². The number of carbonyl (C=O) groups excluding carboxylic acids is 1. The summed E-state index contributed by atoms with van der Waals surface area (Å²) in [6.07, 6.45) is 1.42. The van der Waals surface area contributed by atoms with E-state index in [4.69, 9.17) is 9.47 Å². The van der Waals surface area contributed by atoms with Gasteiger partial charge in [-0.2, -0.15) is 5.10 Å². The number of hydrazone groups is 1. The second-order valence-electron chi connectivity index (χ2n) is 5.21. The minimum Gasteiger partial charge on any atom is -0.493 e. The van der Waals surface area contributed by atoms with Crippen LogP contribution in [0.4, 0.5) is 0 Å². The van der Waals surface area contributed by atoms with Crippen LogP contribution < -0.4 is 20.5 Å². The molecular formula is C18H16N4O4. The molecule has 0 unspecified atom stereocenters. The summed E-state index contributed by atoms with van der Waals surface area (Å²) in [5, 5.41) is 4.30. The Labute approximate surface area is 148 Å². The van der Waals surface area contributed by atoms with E-state index in [9.17, 15) is 9.59 Å². The van der Waals surface area contributed by atoms with E-state index < -0.39 is 5.91 Å². The number of ether oxygens (including phenoxy) is 2. The zero-order valence-corrected chi connectivity index (χ0v) is 14.1. The third kappa shape index (κ3) is 3.39. The van der Waals surface area contributed by atoms with Crippen LogP contribution in [0, 0.1) is 0 Å². The Morgan fingerprint density at radius 1 is 1.15 bits per heavy atom. The van der Waals surface area contributed by atoms with Crippen molar-refractivity contribution in [2.45, 2.75) is 0 Å². The van der Waals surface area contributed by atoms with Crippen molar-refractivity contribution in [1.82, 2.24) is 15.4 Å². The minimum atomic E-state index is -0.633. The minimum absolute atomic E-state index is 0.122. The molecule has 0 aliphatic heterocycles. The number of rotatable bonds is 5. The maximum absolute atomic E-state index is 12.2. The average molecular weight is 352 g/mol. The zero-order valence-electron chi connectivity index (χ0n) is 14.1. The van der Waals surface area contributed by atoms with Gasteiger partial charge in [-0.3, -0.25) is 9.59 Å². The van der Waals surface area contributed by atoms with Gasteiger partial charge in [-0.1, -0.05) is 18.2 Å². The number of benzene rings is 2. The Morgan fingerprint density at radius 3 is 2.73 bits per heavy atom. The first kappa shape index (κ1) is 17.2. The van der Waals surface area contributed by atoms with Crippen molar-refractivity contribution in [1.29, 1.82) is 0 Å². The molecule has 0 aliphatic carbocycles. The Kier molecular flexibility index (Phi) is 4.93. The molecule has 0 fully saturated rings. The maximum atomic E-state index is 12.2. The number of aromatic nitrogens is 2. The Morgan fingerprint density at radius 2 is 1.96 bits per heavy atom. The first-order valence-corrected chi connectivity index (χ1v) is 7.67. The van der Waals surface area contributed by atoms with Gasteiger partial charge in [0.25, 0.3) is 5.56 Å². The number of para-hydroxylation sites is 2. The fraction of sp³-hybridized carbons (Fsp3) is 0.111. The van der Waals surface area contributed by atoms with Crippen LogP contribution in [0.25, 0.3) is 10.9 Å². The monoisotopic (exact) mass is 352 g/mol. The molecule has 0 atom stereocenters. The third-order valence-electron chi connectivity index (χ3n) is 3.63. The summed E-state index contributed by atoms with van der Waals surface area (Å²) in [5.74, 6) is 0.281. The molecule has 132 valence electrons. The van der Waals surface area contributed by atoms with Gasteiger partial charge in [-0.15, -0.1) is 0 Å². The summed E-state index contributed by atoms with van der Waals surface area (Å²) in [4.78, 5) is 30.8. The van der Waals surface area contributed by atoms with Crippen LogP contribution in [0.1, 0.15) is 16.2 Å². The van der Waals surface area contributed by atoms with E-state index in [0.29, 0.717) is 28.0 Å². The third-order valence-corrected chi connectivity index (χ3v) is 3.63. The van der Waals surface area contributed by atoms with Gasteiger partial charge in [0.05, 0.1) is 31.3 Å². The summed E-state index contributed by atoms with van der Waals surface area (Å²) >= 11 is 0. The van der Waals surface area contributed by atoms with Gasteiger partial charge in [-0.05, 0) is 24.3 Å². The number of H-pyrrole nitrogens is 1. The highest BCUT2D eigenvalue weighted by atomic mass is 16.5. The number of carbonyl (C=O) groups is 1. The summed E-state index contributed by atoms with van der Waals surface area (Å²) in [6, 6.07) is 12.0. The van der Waals surface area contributed by atoms with Crippen LogP contribution in [0.2, 0.25) is 0 Å². The molecule has 8 heteroatoms. The van der Waals surface area contributed by atoms with E-state index in [1.165, 1.54) is 20.4 Å². The summed E-state index contributed by atoms with van der Waals surface area (Å²) in [7, 11) is 3.04. The molecule has 8 nitrogen and oxygen atoms in total. The van der Waals surface area contributed by atoms with Gasteiger partial charge in [0.2, 0.25) is 5.82 Å². The van der Waals surface area contributed by atoms with Crippen molar-refractivity contribution in [3.8, 4) is 11.5 Å². The smallest absolute Gasteiger partial charge is 0.307 e. The van der Waals surface area contributed by atoms with Crippen LogP contribution >= 0.6 is 0 Å². The zero-order chi connectivity index (χ0) is 18.5. The highest BCUT2D eigenvalue weighted by Gasteiger charge is 2.11. The van der Waals surface area contributed by atoms with Crippen molar-refractivity contribution in [3.63, 3.8) is 0 Å². The molecule has 1 amide bonds. The SMILES string of the molecule is COc1cccc(C=NNC(=O)c2nc3ccccc3c(=O)[nH]2)c1OC. The van der Waals surface area contributed by atoms with Crippen molar-refractivity contribution in [3.05, 3.63) is 64.2 Å². The predicted molar refractivity (Wildman–Crippen MR) is 97.0 cm³/mol. The summed E-state index contributed by atoms with van der Waals surface area (Å²) < 4.78 is 10.5. The van der Waals surface area contributed by atoms with Gasteiger partial charge in [-0.25, -0.2) is 10.4 Å². The van der Waals surface area contributed by atoms with Crippen molar-refractivity contribution in [2.24, 2.45) is 5.10 Å². The van der Waals surface area contributed by atoms with Gasteiger partial charge in [0.1, 0.15) is 0 Å². The molecule has 0 spiro atoms. The number of amides is 1. The lowest BCUT2D eigenvalue weighted by molar-refractivity contribution is 0.0945. The number of nitrogens with zero attached hydrogens (tertiary/aromatic N) is 2. The van der Waals surface area contributed by atoms with Gasteiger partial charge in [0, 0.05) is 5.56 Å². The number of hydrogen-bond donors (Lipinski definition) is 2. The fourth-order valence-corrected chi connectivity index (χ4v) is 2.42. The standard InChI is InChI=1S/C18H16N4O4/c1-25-14-9-5-6-11(15(14)26-2)10-19-22-18(24)16-20-13-8-4-3-7-12(13)17(23)21-16/h3-10H,1-2H3,(H,22,24)(H,20,21,23). The average Bonchev–Trinajstić information content (AvgIpc) is 2.67. The molecular weight excluding hydrogens is 336 g/mol. The highest BCUT2D eigenvalue weighted by molar-refractivity contribution is 5.93. The molecule has 2 aromatic carbocycles. The van der Waals surface area contributed by atoms with Gasteiger partial charge >= 0.3 is 5.91 Å². The summed E-state index contributed by atoms with van der Waals surface area (Å²) in [6.45, 7) is 0. The number of methoxy groups -OCH3 is 2. The topological polar surface area (TPSA) is 106 Å². The van der Waals surface area contributed by atoms with Crippen molar-refractivity contribution >= 4 is 23.0 Å². The normalized spacial score (nSPS) is 10.8. The Hall–Kier alpha value is -3.68. The maximum Gasteiger partial charge on any atom is 0.307 e. The first-order valence-electron chi connectivity index (χ1n) is 7.67. The van der Waals surface area contributed by atoms with E-state index in [-0.39, 0.29) is 11.4 Å². The Balaban J connectivity index is 1.81. The van der Waals surface area contributed by atoms with E-state index in [0.717, 1.165) is 0 Å². The number of nitrogens with one attached hydrogen (secondary N) is 2. The van der Waals surface area contributed by atoms with E-state index in [1.54, 1.807) is 42.5 Å². The highest BCUT2D eigenvalue weighted by Crippen LogP contribution is 2.29. The largest absolute Gasteiger partial charge is 0.493 e. The molecule has 0 bridgehead atoms. The molecule has 1 heterocycles.